The monoisotopic (exact) mass is 273 g/mol. The molecule has 2 nitrogen and oxygen atoms in total. The molecule has 0 saturated heterocycles. The number of aryl methyl sites for hydroxylation is 1. The first kappa shape index (κ1) is 9.49. The van der Waals surface area contributed by atoms with E-state index in [1.54, 1.807) is 6.07 Å². The number of aliphatic hydroxyl groups is 1. The normalized spacial score (nSPS) is 9.50. The lowest BCUT2D eigenvalue weighted by atomic mass is 10.1. The molecule has 0 aliphatic rings. The van der Waals surface area contributed by atoms with E-state index in [0.29, 0.717) is 5.56 Å². The maximum atomic E-state index is 8.95. The molecule has 12 heavy (non-hydrogen) atoms. The molecule has 3 heteroatoms. The van der Waals surface area contributed by atoms with Gasteiger partial charge < -0.3 is 5.11 Å². The average Bonchev–Trinajstić information content (AvgIpc) is 2.09. The Morgan fingerprint density at radius 1 is 1.58 bits per heavy atom. The molecule has 0 fully saturated rings. The highest BCUT2D eigenvalue weighted by Crippen LogP contribution is 2.18. The van der Waals surface area contributed by atoms with Gasteiger partial charge in [-0.1, -0.05) is 0 Å². The summed E-state index contributed by atoms with van der Waals surface area (Å²) in [5, 5.41) is 17.6. The second-order valence-corrected chi connectivity index (χ2v) is 3.61. The fourth-order valence-corrected chi connectivity index (χ4v) is 1.50. The summed E-state index contributed by atoms with van der Waals surface area (Å²) in [5.74, 6) is 0. The zero-order valence-corrected chi connectivity index (χ0v) is 8.79. The van der Waals surface area contributed by atoms with Crippen molar-refractivity contribution in [2.45, 2.75) is 13.5 Å². The van der Waals surface area contributed by atoms with E-state index < -0.39 is 0 Å². The van der Waals surface area contributed by atoms with Gasteiger partial charge in [0.25, 0.3) is 0 Å². The van der Waals surface area contributed by atoms with Crippen LogP contribution in [0.15, 0.2) is 12.1 Å². The van der Waals surface area contributed by atoms with Gasteiger partial charge >= 0.3 is 0 Å². The fraction of sp³-hybridized carbons (Fsp3) is 0.222. The molecule has 1 rings (SSSR count). The Labute approximate surface area is 85.0 Å². The van der Waals surface area contributed by atoms with Crippen molar-refractivity contribution in [3.05, 3.63) is 32.4 Å². The standard InChI is InChI=1S/C9H8INO/c1-6-2-7(4-11)3-8(5-12)9(6)10/h2-3,12H,5H2,1H3. The van der Waals surface area contributed by atoms with Crippen molar-refractivity contribution >= 4 is 22.6 Å². The third-order valence-electron chi connectivity index (χ3n) is 1.63. The third kappa shape index (κ3) is 1.76. The molecule has 0 atom stereocenters. The number of nitriles is 1. The summed E-state index contributed by atoms with van der Waals surface area (Å²) in [5.41, 5.74) is 2.47. The molecule has 0 aromatic heterocycles. The van der Waals surface area contributed by atoms with Gasteiger partial charge in [0.2, 0.25) is 0 Å². The second-order valence-electron chi connectivity index (χ2n) is 2.54. The van der Waals surface area contributed by atoms with Gasteiger partial charge in [0.1, 0.15) is 0 Å². The molecule has 0 heterocycles. The lowest BCUT2D eigenvalue weighted by Crippen LogP contribution is -1.93. The summed E-state index contributed by atoms with van der Waals surface area (Å²) in [4.78, 5) is 0. The summed E-state index contributed by atoms with van der Waals surface area (Å²) in [6.45, 7) is 1.93. The minimum absolute atomic E-state index is 0.00532. The molecule has 62 valence electrons. The minimum atomic E-state index is -0.00532. The summed E-state index contributed by atoms with van der Waals surface area (Å²) in [7, 11) is 0. The van der Waals surface area contributed by atoms with E-state index in [2.05, 4.69) is 28.7 Å². The van der Waals surface area contributed by atoms with Crippen LogP contribution in [0.1, 0.15) is 16.7 Å². The number of hydrogen-bond acceptors (Lipinski definition) is 2. The molecule has 1 aromatic carbocycles. The molecule has 0 bridgehead atoms. The lowest BCUT2D eigenvalue weighted by Gasteiger charge is -2.04. The van der Waals surface area contributed by atoms with Crippen LogP contribution in [0.3, 0.4) is 0 Å². The Bertz CT molecular complexity index is 341. The van der Waals surface area contributed by atoms with E-state index >= 15 is 0 Å². The lowest BCUT2D eigenvalue weighted by molar-refractivity contribution is 0.281. The highest BCUT2D eigenvalue weighted by Gasteiger charge is 2.03. The molecule has 1 aromatic rings. The van der Waals surface area contributed by atoms with E-state index in [0.717, 1.165) is 14.7 Å². The van der Waals surface area contributed by atoms with Gasteiger partial charge in [0.05, 0.1) is 18.2 Å². The zero-order chi connectivity index (χ0) is 9.14. The molecule has 1 N–H and O–H groups in total. The van der Waals surface area contributed by atoms with Gasteiger partial charge in [0.15, 0.2) is 0 Å². The van der Waals surface area contributed by atoms with Crippen LogP contribution in [-0.2, 0) is 6.61 Å². The molecule has 0 spiro atoms. The molecule has 0 saturated carbocycles. The van der Waals surface area contributed by atoms with E-state index in [1.165, 1.54) is 0 Å². The van der Waals surface area contributed by atoms with Crippen molar-refractivity contribution in [2.75, 3.05) is 0 Å². The number of aliphatic hydroxyl groups excluding tert-OH is 1. The summed E-state index contributed by atoms with van der Waals surface area (Å²) >= 11 is 2.17. The molecular weight excluding hydrogens is 265 g/mol. The van der Waals surface area contributed by atoms with Crippen LogP contribution in [0.4, 0.5) is 0 Å². The second kappa shape index (κ2) is 3.87. The van der Waals surface area contributed by atoms with E-state index in [4.69, 9.17) is 10.4 Å². The molecule has 0 unspecified atom stereocenters. The van der Waals surface area contributed by atoms with Gasteiger partial charge in [-0.25, -0.2) is 0 Å². The van der Waals surface area contributed by atoms with Crippen molar-refractivity contribution in [3.63, 3.8) is 0 Å². The number of hydrogen-bond donors (Lipinski definition) is 1. The number of nitrogens with zero attached hydrogens (tertiary/aromatic N) is 1. The highest BCUT2D eigenvalue weighted by molar-refractivity contribution is 14.1. The van der Waals surface area contributed by atoms with Crippen LogP contribution in [0.2, 0.25) is 0 Å². The van der Waals surface area contributed by atoms with E-state index in [-0.39, 0.29) is 6.61 Å². The van der Waals surface area contributed by atoms with Crippen LogP contribution >= 0.6 is 22.6 Å². The van der Waals surface area contributed by atoms with Crippen LogP contribution in [0.25, 0.3) is 0 Å². The first-order chi connectivity index (χ1) is 5.69. The Hall–Kier alpha value is -0.600. The van der Waals surface area contributed by atoms with E-state index in [9.17, 15) is 0 Å². The number of halogens is 1. The van der Waals surface area contributed by atoms with Gasteiger partial charge in [-0.05, 0) is 52.8 Å². The Morgan fingerprint density at radius 2 is 2.25 bits per heavy atom. The van der Waals surface area contributed by atoms with Crippen molar-refractivity contribution in [1.29, 1.82) is 5.26 Å². The first-order valence-electron chi connectivity index (χ1n) is 3.49. The van der Waals surface area contributed by atoms with Crippen molar-refractivity contribution in [1.82, 2.24) is 0 Å². The first-order valence-corrected chi connectivity index (χ1v) is 4.57. The van der Waals surface area contributed by atoms with Gasteiger partial charge in [-0.3, -0.25) is 0 Å². The number of benzene rings is 1. The average molecular weight is 273 g/mol. The van der Waals surface area contributed by atoms with Crippen molar-refractivity contribution < 1.29 is 5.11 Å². The quantitative estimate of drug-likeness (QED) is 0.795. The number of rotatable bonds is 1. The van der Waals surface area contributed by atoms with Crippen LogP contribution in [0.5, 0.6) is 0 Å². The summed E-state index contributed by atoms with van der Waals surface area (Å²) in [6.07, 6.45) is 0. The maximum absolute atomic E-state index is 8.95. The summed E-state index contributed by atoms with van der Waals surface area (Å²) < 4.78 is 1.04. The SMILES string of the molecule is Cc1cc(C#N)cc(CO)c1I. The van der Waals surface area contributed by atoms with Crippen molar-refractivity contribution in [2.24, 2.45) is 0 Å². The van der Waals surface area contributed by atoms with Gasteiger partial charge in [0, 0.05) is 3.57 Å². The van der Waals surface area contributed by atoms with Gasteiger partial charge in [-0.15, -0.1) is 0 Å². The molecule has 0 aliphatic heterocycles. The van der Waals surface area contributed by atoms with Crippen LogP contribution in [-0.4, -0.2) is 5.11 Å². The minimum Gasteiger partial charge on any atom is -0.392 e. The van der Waals surface area contributed by atoms with E-state index in [1.807, 2.05) is 13.0 Å². The zero-order valence-electron chi connectivity index (χ0n) is 6.63. The van der Waals surface area contributed by atoms with Gasteiger partial charge in [-0.2, -0.15) is 5.26 Å². The highest BCUT2D eigenvalue weighted by atomic mass is 127. The van der Waals surface area contributed by atoms with Crippen LogP contribution in [0, 0.1) is 21.8 Å². The summed E-state index contributed by atoms with van der Waals surface area (Å²) in [6, 6.07) is 5.59. The predicted octanol–water partition coefficient (Wildman–Crippen LogP) is 1.96. The largest absolute Gasteiger partial charge is 0.392 e. The Balaban J connectivity index is 3.31. The fourth-order valence-electron chi connectivity index (χ4n) is 1.02. The molecule has 0 radical (unpaired) electrons. The predicted molar refractivity (Wildman–Crippen MR) is 54.5 cm³/mol. The Kier molecular flexibility index (Phi) is 3.06. The Morgan fingerprint density at radius 3 is 2.75 bits per heavy atom. The molecular formula is C9H8INO. The van der Waals surface area contributed by atoms with Crippen molar-refractivity contribution in [3.8, 4) is 6.07 Å². The maximum Gasteiger partial charge on any atom is 0.0991 e. The third-order valence-corrected chi connectivity index (χ3v) is 3.17. The molecule has 0 aliphatic carbocycles. The smallest absolute Gasteiger partial charge is 0.0991 e. The van der Waals surface area contributed by atoms with Crippen LogP contribution < -0.4 is 0 Å². The topological polar surface area (TPSA) is 44.0 Å². The molecule has 0 amide bonds.